The van der Waals surface area contributed by atoms with Crippen LogP contribution in [0.2, 0.25) is 0 Å². The second-order valence-electron chi connectivity index (χ2n) is 3.86. The molecule has 0 radical (unpaired) electrons. The Hall–Kier alpha value is -1.88. The molecule has 1 aliphatic heterocycles. The molecule has 2 rings (SSSR count). The van der Waals surface area contributed by atoms with Crippen LogP contribution in [-0.2, 0) is 25.7 Å². The molecule has 5 heteroatoms. The summed E-state index contributed by atoms with van der Waals surface area (Å²) in [6.45, 7) is 0.178. The molecule has 90 valence electrons. The average molecular weight is 235 g/mol. The molecule has 0 aliphatic carbocycles. The van der Waals surface area contributed by atoms with Crippen molar-refractivity contribution in [2.75, 3.05) is 0 Å². The van der Waals surface area contributed by atoms with Crippen LogP contribution in [0, 0.1) is 5.92 Å². The van der Waals surface area contributed by atoms with E-state index < -0.39 is 24.1 Å². The van der Waals surface area contributed by atoms with Crippen LogP contribution in [0.15, 0.2) is 30.3 Å². The first-order valence-electron chi connectivity index (χ1n) is 5.32. The van der Waals surface area contributed by atoms with Crippen LogP contribution in [0.3, 0.4) is 0 Å². The van der Waals surface area contributed by atoms with Crippen LogP contribution in [0.25, 0.3) is 0 Å². The summed E-state index contributed by atoms with van der Waals surface area (Å²) in [5, 5.41) is 0. The number of hydrogen-bond donors (Lipinski definition) is 1. The van der Waals surface area contributed by atoms with Crippen molar-refractivity contribution in [1.29, 1.82) is 0 Å². The summed E-state index contributed by atoms with van der Waals surface area (Å²) in [6.07, 6.45) is -0.889. The number of cyclic esters (lactones) is 1. The number of esters is 2. The van der Waals surface area contributed by atoms with Gasteiger partial charge in [0.2, 0.25) is 0 Å². The van der Waals surface area contributed by atoms with E-state index in [2.05, 4.69) is 4.74 Å². The van der Waals surface area contributed by atoms with Crippen LogP contribution in [0.5, 0.6) is 0 Å². The van der Waals surface area contributed by atoms with Gasteiger partial charge in [-0.25, -0.2) is 0 Å². The molecular weight excluding hydrogens is 222 g/mol. The summed E-state index contributed by atoms with van der Waals surface area (Å²) < 4.78 is 9.76. The van der Waals surface area contributed by atoms with E-state index in [1.165, 1.54) is 0 Å². The van der Waals surface area contributed by atoms with Gasteiger partial charge in [0, 0.05) is 0 Å². The predicted molar refractivity (Wildman–Crippen MR) is 58.4 cm³/mol. The van der Waals surface area contributed by atoms with Gasteiger partial charge in [-0.3, -0.25) is 15.3 Å². The van der Waals surface area contributed by atoms with E-state index in [1.807, 2.05) is 30.3 Å². The highest BCUT2D eigenvalue weighted by Crippen LogP contribution is 2.20. The lowest BCUT2D eigenvalue weighted by Crippen LogP contribution is -2.33. The molecule has 0 spiro atoms. The molecular formula is C12H13NO4. The molecule has 1 fully saturated rings. The van der Waals surface area contributed by atoms with E-state index in [9.17, 15) is 9.59 Å². The first-order chi connectivity index (χ1) is 8.16. The van der Waals surface area contributed by atoms with Gasteiger partial charge in [-0.2, -0.15) is 0 Å². The number of rotatable bonds is 3. The molecule has 2 atom stereocenters. The Labute approximate surface area is 98.5 Å². The quantitative estimate of drug-likeness (QED) is 0.775. The fraction of sp³-hybridized carbons (Fsp3) is 0.333. The number of nitrogens with two attached hydrogens (primary N) is 1. The number of carbonyl (C=O) groups is 2. The minimum atomic E-state index is -0.884. The maximum absolute atomic E-state index is 11.6. The second kappa shape index (κ2) is 4.97. The summed E-state index contributed by atoms with van der Waals surface area (Å²) in [4.78, 5) is 22.6. The molecule has 0 bridgehead atoms. The molecule has 1 saturated heterocycles. The van der Waals surface area contributed by atoms with Crippen molar-refractivity contribution in [3.63, 3.8) is 0 Å². The average Bonchev–Trinajstić information content (AvgIpc) is 2.67. The topological polar surface area (TPSA) is 78.6 Å². The number of carbonyl (C=O) groups excluding carboxylic acids is 2. The molecule has 1 heterocycles. The molecule has 0 aromatic heterocycles. The lowest BCUT2D eigenvalue weighted by molar-refractivity contribution is -0.151. The Bertz CT molecular complexity index is 418. The van der Waals surface area contributed by atoms with Gasteiger partial charge in [0.05, 0.1) is 6.42 Å². The molecule has 0 saturated carbocycles. The third kappa shape index (κ3) is 2.82. The van der Waals surface area contributed by atoms with Crippen molar-refractivity contribution in [1.82, 2.24) is 0 Å². The van der Waals surface area contributed by atoms with Gasteiger partial charge in [-0.1, -0.05) is 30.3 Å². The lowest BCUT2D eigenvalue weighted by atomic mass is 10.1. The van der Waals surface area contributed by atoms with E-state index in [0.717, 1.165) is 5.56 Å². The minimum absolute atomic E-state index is 0.00517. The smallest absolute Gasteiger partial charge is 0.315 e. The lowest BCUT2D eigenvalue weighted by Gasteiger charge is -2.12. The highest BCUT2D eigenvalue weighted by atomic mass is 16.6. The molecule has 5 nitrogen and oxygen atoms in total. The Morgan fingerprint density at radius 3 is 2.71 bits per heavy atom. The van der Waals surface area contributed by atoms with E-state index >= 15 is 0 Å². The predicted octanol–water partition coefficient (Wildman–Crippen LogP) is 0.578. The van der Waals surface area contributed by atoms with E-state index in [0.29, 0.717) is 0 Å². The summed E-state index contributed by atoms with van der Waals surface area (Å²) in [5.74, 6) is -1.64. The Morgan fingerprint density at radius 1 is 1.41 bits per heavy atom. The van der Waals surface area contributed by atoms with Gasteiger partial charge in [0.1, 0.15) is 12.5 Å². The highest BCUT2D eigenvalue weighted by molar-refractivity contribution is 5.83. The maximum atomic E-state index is 11.6. The Kier molecular flexibility index (Phi) is 3.39. The van der Waals surface area contributed by atoms with Gasteiger partial charge in [-0.15, -0.1) is 0 Å². The largest absolute Gasteiger partial charge is 0.460 e. The normalized spacial score (nSPS) is 23.2. The van der Waals surface area contributed by atoms with Crippen molar-refractivity contribution in [3.05, 3.63) is 35.9 Å². The van der Waals surface area contributed by atoms with E-state index in [4.69, 9.17) is 10.5 Å². The summed E-state index contributed by atoms with van der Waals surface area (Å²) in [6, 6.07) is 9.30. The van der Waals surface area contributed by atoms with Gasteiger partial charge in [-0.05, 0) is 5.56 Å². The number of benzene rings is 1. The molecule has 1 unspecified atom stereocenters. The Morgan fingerprint density at radius 2 is 2.12 bits per heavy atom. The third-order valence-corrected chi connectivity index (χ3v) is 2.58. The zero-order valence-corrected chi connectivity index (χ0v) is 9.17. The molecule has 17 heavy (non-hydrogen) atoms. The van der Waals surface area contributed by atoms with Crippen LogP contribution in [0.4, 0.5) is 0 Å². The fourth-order valence-electron chi connectivity index (χ4n) is 1.63. The second-order valence-corrected chi connectivity index (χ2v) is 3.86. The van der Waals surface area contributed by atoms with Crippen molar-refractivity contribution in [2.24, 2.45) is 11.7 Å². The fourth-order valence-corrected chi connectivity index (χ4v) is 1.63. The van der Waals surface area contributed by atoms with Crippen molar-refractivity contribution in [2.45, 2.75) is 19.3 Å². The zero-order valence-electron chi connectivity index (χ0n) is 9.17. The molecule has 2 N–H and O–H groups in total. The van der Waals surface area contributed by atoms with Crippen LogP contribution >= 0.6 is 0 Å². The van der Waals surface area contributed by atoms with Gasteiger partial charge >= 0.3 is 11.9 Å². The van der Waals surface area contributed by atoms with Crippen molar-refractivity contribution in [3.8, 4) is 0 Å². The summed E-state index contributed by atoms with van der Waals surface area (Å²) in [7, 11) is 0. The highest BCUT2D eigenvalue weighted by Gasteiger charge is 2.38. The maximum Gasteiger partial charge on any atom is 0.315 e. The van der Waals surface area contributed by atoms with Crippen molar-refractivity contribution >= 4 is 11.9 Å². The summed E-state index contributed by atoms with van der Waals surface area (Å²) in [5.41, 5.74) is 6.38. The zero-order chi connectivity index (χ0) is 12.3. The molecule has 1 aromatic carbocycles. The number of hydrogen-bond acceptors (Lipinski definition) is 5. The van der Waals surface area contributed by atoms with Crippen LogP contribution < -0.4 is 5.73 Å². The van der Waals surface area contributed by atoms with Gasteiger partial charge < -0.3 is 9.47 Å². The van der Waals surface area contributed by atoms with Crippen molar-refractivity contribution < 1.29 is 19.1 Å². The number of ether oxygens (including phenoxy) is 2. The first-order valence-corrected chi connectivity index (χ1v) is 5.32. The SMILES string of the molecule is N[C@H]1OC(=O)CC1C(=O)OCc1ccccc1. The standard InChI is InChI=1S/C12H13NO4/c13-11-9(6-10(14)17-11)12(15)16-7-8-4-2-1-3-5-8/h1-5,9,11H,6-7,13H2/t9?,11-/m0/s1. The summed E-state index contributed by atoms with van der Waals surface area (Å²) >= 11 is 0. The van der Waals surface area contributed by atoms with E-state index in [1.54, 1.807) is 0 Å². The Balaban J connectivity index is 1.88. The molecule has 1 aromatic rings. The van der Waals surface area contributed by atoms with Crippen LogP contribution in [0.1, 0.15) is 12.0 Å². The van der Waals surface area contributed by atoms with Gasteiger partial charge in [0.25, 0.3) is 0 Å². The van der Waals surface area contributed by atoms with Gasteiger partial charge in [0.15, 0.2) is 6.23 Å². The van der Waals surface area contributed by atoms with Crippen LogP contribution in [-0.4, -0.2) is 18.2 Å². The minimum Gasteiger partial charge on any atom is -0.460 e. The van der Waals surface area contributed by atoms with E-state index in [-0.39, 0.29) is 13.0 Å². The monoisotopic (exact) mass is 235 g/mol. The molecule has 0 amide bonds. The molecule has 1 aliphatic rings. The first kappa shape index (κ1) is 11.6. The third-order valence-electron chi connectivity index (χ3n) is 2.58.